The molecule has 0 radical (unpaired) electrons. The van der Waals surface area contributed by atoms with Gasteiger partial charge in [-0.25, -0.2) is 12.8 Å². The Labute approximate surface area is 173 Å². The number of rotatable bonds is 8. The van der Waals surface area contributed by atoms with Crippen molar-refractivity contribution in [3.05, 3.63) is 58.9 Å². The van der Waals surface area contributed by atoms with Crippen LogP contribution in [0, 0.1) is 5.82 Å². The molecule has 10 heteroatoms. The Morgan fingerprint density at radius 2 is 1.79 bits per heavy atom. The molecule has 156 valence electrons. The predicted molar refractivity (Wildman–Crippen MR) is 109 cm³/mol. The Kier molecular flexibility index (Phi) is 7.72. The molecule has 0 bridgehead atoms. The molecule has 29 heavy (non-hydrogen) atoms. The highest BCUT2D eigenvalue weighted by molar-refractivity contribution is 7.89. The molecule has 0 saturated heterocycles. The first-order valence-corrected chi connectivity index (χ1v) is 10.6. The Morgan fingerprint density at radius 3 is 2.38 bits per heavy atom. The molecule has 7 nitrogen and oxygen atoms in total. The van der Waals surface area contributed by atoms with Gasteiger partial charge in [-0.05, 0) is 48.9 Å². The SMILES string of the molecule is CCCNC(=O)c1ccc(NC(=O)CN(C)S(=O)(=O)c2ccc(F)cc2)cc1Cl. The van der Waals surface area contributed by atoms with Crippen LogP contribution in [0.25, 0.3) is 0 Å². The zero-order valence-corrected chi connectivity index (χ0v) is 17.5. The van der Waals surface area contributed by atoms with Gasteiger partial charge in [0.05, 0.1) is 22.0 Å². The summed E-state index contributed by atoms with van der Waals surface area (Å²) in [5.74, 6) is -1.48. The second-order valence-corrected chi connectivity index (χ2v) is 8.67. The normalized spacial score (nSPS) is 11.3. The fourth-order valence-corrected chi connectivity index (χ4v) is 3.78. The topological polar surface area (TPSA) is 95.6 Å². The molecule has 0 fully saturated rings. The van der Waals surface area contributed by atoms with E-state index in [9.17, 15) is 22.4 Å². The summed E-state index contributed by atoms with van der Waals surface area (Å²) in [6, 6.07) is 8.69. The van der Waals surface area contributed by atoms with Crippen LogP contribution in [0.3, 0.4) is 0 Å². The van der Waals surface area contributed by atoms with Crippen LogP contribution in [-0.4, -0.2) is 44.7 Å². The molecule has 0 unspecified atom stereocenters. The van der Waals surface area contributed by atoms with Gasteiger partial charge in [-0.1, -0.05) is 18.5 Å². The molecule has 0 aliphatic carbocycles. The number of hydrogen-bond donors (Lipinski definition) is 2. The first-order valence-electron chi connectivity index (χ1n) is 8.74. The van der Waals surface area contributed by atoms with Crippen LogP contribution in [0.15, 0.2) is 47.4 Å². The van der Waals surface area contributed by atoms with E-state index in [2.05, 4.69) is 10.6 Å². The van der Waals surface area contributed by atoms with Gasteiger partial charge in [0.2, 0.25) is 15.9 Å². The van der Waals surface area contributed by atoms with Crippen molar-refractivity contribution in [2.24, 2.45) is 0 Å². The van der Waals surface area contributed by atoms with Crippen molar-refractivity contribution in [3.63, 3.8) is 0 Å². The highest BCUT2D eigenvalue weighted by atomic mass is 35.5. The maximum absolute atomic E-state index is 13.0. The summed E-state index contributed by atoms with van der Waals surface area (Å²) < 4.78 is 38.7. The summed E-state index contributed by atoms with van der Waals surface area (Å²) in [5.41, 5.74) is 0.591. The molecule has 0 aliphatic rings. The summed E-state index contributed by atoms with van der Waals surface area (Å²) >= 11 is 6.11. The van der Waals surface area contributed by atoms with Gasteiger partial charge in [-0.2, -0.15) is 4.31 Å². The zero-order valence-electron chi connectivity index (χ0n) is 15.9. The highest BCUT2D eigenvalue weighted by Crippen LogP contribution is 2.21. The lowest BCUT2D eigenvalue weighted by Crippen LogP contribution is -2.35. The van der Waals surface area contributed by atoms with Gasteiger partial charge in [0.1, 0.15) is 5.82 Å². The molecular formula is C19H21ClFN3O4S. The van der Waals surface area contributed by atoms with Gasteiger partial charge in [0, 0.05) is 19.3 Å². The molecule has 2 rings (SSSR count). The molecule has 0 aromatic heterocycles. The van der Waals surface area contributed by atoms with Gasteiger partial charge in [0.25, 0.3) is 5.91 Å². The highest BCUT2D eigenvalue weighted by Gasteiger charge is 2.23. The fourth-order valence-electron chi connectivity index (χ4n) is 2.39. The van der Waals surface area contributed by atoms with Crippen molar-refractivity contribution in [2.45, 2.75) is 18.2 Å². The molecule has 0 atom stereocenters. The summed E-state index contributed by atoms with van der Waals surface area (Å²) in [5, 5.41) is 5.39. The number of benzene rings is 2. The molecule has 0 spiro atoms. The maximum atomic E-state index is 13.0. The van der Waals surface area contributed by atoms with Crippen molar-refractivity contribution in [1.82, 2.24) is 9.62 Å². The maximum Gasteiger partial charge on any atom is 0.252 e. The lowest BCUT2D eigenvalue weighted by Gasteiger charge is -2.17. The largest absolute Gasteiger partial charge is 0.352 e. The fraction of sp³-hybridized carbons (Fsp3) is 0.263. The zero-order chi connectivity index (χ0) is 21.6. The van der Waals surface area contributed by atoms with Crippen molar-refractivity contribution < 1.29 is 22.4 Å². The number of halogens is 2. The lowest BCUT2D eigenvalue weighted by molar-refractivity contribution is -0.116. The van der Waals surface area contributed by atoms with E-state index in [1.165, 1.54) is 25.2 Å². The summed E-state index contributed by atoms with van der Waals surface area (Å²) in [4.78, 5) is 24.1. The molecule has 2 amide bonds. The standard InChI is InChI=1S/C19H21ClFN3O4S/c1-3-10-22-19(26)16-9-6-14(11-17(16)20)23-18(25)12-24(2)29(27,28)15-7-4-13(21)5-8-15/h4-9,11H,3,10,12H2,1-2H3,(H,22,26)(H,23,25). The Hall–Kier alpha value is -2.49. The third kappa shape index (κ3) is 5.99. The number of sulfonamides is 1. The van der Waals surface area contributed by atoms with Crippen molar-refractivity contribution in [1.29, 1.82) is 0 Å². The average Bonchev–Trinajstić information content (AvgIpc) is 2.66. The van der Waals surface area contributed by atoms with E-state index in [-0.39, 0.29) is 21.4 Å². The smallest absolute Gasteiger partial charge is 0.252 e. The van der Waals surface area contributed by atoms with E-state index in [0.29, 0.717) is 12.2 Å². The number of likely N-dealkylation sites (N-methyl/N-ethyl adjacent to an activating group) is 1. The molecule has 0 aliphatic heterocycles. The van der Waals surface area contributed by atoms with Crippen molar-refractivity contribution in [2.75, 3.05) is 25.5 Å². The summed E-state index contributed by atoms with van der Waals surface area (Å²) in [7, 11) is -2.71. The summed E-state index contributed by atoms with van der Waals surface area (Å²) in [6.07, 6.45) is 0.784. The van der Waals surface area contributed by atoms with Crippen LogP contribution in [0.5, 0.6) is 0 Å². The third-order valence-corrected chi connectivity index (χ3v) is 6.05. The Bertz CT molecular complexity index is 997. The molecule has 2 aromatic carbocycles. The van der Waals surface area contributed by atoms with E-state index in [1.54, 1.807) is 0 Å². The van der Waals surface area contributed by atoms with E-state index in [4.69, 9.17) is 11.6 Å². The van der Waals surface area contributed by atoms with Crippen LogP contribution in [0.2, 0.25) is 5.02 Å². The second kappa shape index (κ2) is 9.82. The number of carbonyl (C=O) groups is 2. The van der Waals surface area contributed by atoms with Gasteiger partial charge >= 0.3 is 0 Å². The number of nitrogens with one attached hydrogen (secondary N) is 2. The molecular weight excluding hydrogens is 421 g/mol. The van der Waals surface area contributed by atoms with E-state index in [1.807, 2.05) is 6.92 Å². The van der Waals surface area contributed by atoms with Crippen LogP contribution >= 0.6 is 11.6 Å². The van der Waals surface area contributed by atoms with Crippen LogP contribution < -0.4 is 10.6 Å². The van der Waals surface area contributed by atoms with Gasteiger partial charge in [-0.15, -0.1) is 0 Å². The minimum Gasteiger partial charge on any atom is -0.352 e. The Balaban J connectivity index is 2.04. The minimum absolute atomic E-state index is 0.125. The number of amides is 2. The average molecular weight is 442 g/mol. The van der Waals surface area contributed by atoms with Crippen LogP contribution in [-0.2, 0) is 14.8 Å². The monoisotopic (exact) mass is 441 g/mol. The van der Waals surface area contributed by atoms with E-state index in [0.717, 1.165) is 35.0 Å². The van der Waals surface area contributed by atoms with Crippen molar-refractivity contribution >= 4 is 39.1 Å². The van der Waals surface area contributed by atoms with E-state index < -0.39 is 28.3 Å². The number of carbonyl (C=O) groups excluding carboxylic acids is 2. The molecule has 2 aromatic rings. The van der Waals surface area contributed by atoms with Crippen molar-refractivity contribution in [3.8, 4) is 0 Å². The molecule has 2 N–H and O–H groups in total. The minimum atomic E-state index is -3.95. The van der Waals surface area contributed by atoms with E-state index >= 15 is 0 Å². The summed E-state index contributed by atoms with van der Waals surface area (Å²) in [6.45, 7) is 1.98. The molecule has 0 saturated carbocycles. The number of anilines is 1. The quantitative estimate of drug-likeness (QED) is 0.658. The van der Waals surface area contributed by atoms with Gasteiger partial charge < -0.3 is 10.6 Å². The van der Waals surface area contributed by atoms with Crippen LogP contribution in [0.4, 0.5) is 10.1 Å². The molecule has 0 heterocycles. The Morgan fingerprint density at radius 1 is 1.14 bits per heavy atom. The number of hydrogen-bond acceptors (Lipinski definition) is 4. The number of nitrogens with zero attached hydrogens (tertiary/aromatic N) is 1. The van der Waals surface area contributed by atoms with Crippen LogP contribution in [0.1, 0.15) is 23.7 Å². The first kappa shape index (κ1) is 22.8. The predicted octanol–water partition coefficient (Wildman–Crippen LogP) is 2.88. The third-order valence-electron chi connectivity index (χ3n) is 3.92. The second-order valence-electron chi connectivity index (χ2n) is 6.21. The van der Waals surface area contributed by atoms with Gasteiger partial charge in [-0.3, -0.25) is 9.59 Å². The lowest BCUT2D eigenvalue weighted by atomic mass is 10.2. The van der Waals surface area contributed by atoms with Gasteiger partial charge in [0.15, 0.2) is 0 Å². The first-order chi connectivity index (χ1) is 13.6.